The fourth-order valence-corrected chi connectivity index (χ4v) is 7.27. The highest BCUT2D eigenvalue weighted by Gasteiger charge is 2.51. The SMILES string of the molecule is COc1ccc(CNC(=O)CSC23CC4CC(CC(C4)C2)C3)cc1OC. The van der Waals surface area contributed by atoms with E-state index in [1.807, 2.05) is 30.0 Å². The molecule has 0 radical (unpaired) electrons. The predicted molar refractivity (Wildman–Crippen MR) is 105 cm³/mol. The number of methoxy groups -OCH3 is 2. The fraction of sp³-hybridized carbons (Fsp3) is 0.667. The molecule has 4 aliphatic carbocycles. The van der Waals surface area contributed by atoms with Crippen LogP contribution in [0.1, 0.15) is 44.1 Å². The summed E-state index contributed by atoms with van der Waals surface area (Å²) in [5, 5.41) is 3.06. The third-order valence-corrected chi connectivity index (χ3v) is 7.95. The van der Waals surface area contributed by atoms with Gasteiger partial charge in [-0.3, -0.25) is 4.79 Å². The van der Waals surface area contributed by atoms with Crippen molar-refractivity contribution in [2.75, 3.05) is 20.0 Å². The van der Waals surface area contributed by atoms with E-state index in [1.54, 1.807) is 14.2 Å². The number of benzene rings is 1. The minimum Gasteiger partial charge on any atom is -0.493 e. The van der Waals surface area contributed by atoms with Crippen LogP contribution in [-0.2, 0) is 11.3 Å². The summed E-state index contributed by atoms with van der Waals surface area (Å²) in [6, 6.07) is 5.77. The molecule has 0 saturated heterocycles. The largest absolute Gasteiger partial charge is 0.493 e. The maximum Gasteiger partial charge on any atom is 0.230 e. The number of carbonyl (C=O) groups excluding carboxylic acids is 1. The Hall–Kier alpha value is -1.36. The van der Waals surface area contributed by atoms with Gasteiger partial charge in [-0.15, -0.1) is 11.8 Å². The maximum absolute atomic E-state index is 12.4. The average Bonchev–Trinajstić information content (AvgIpc) is 2.63. The highest BCUT2D eigenvalue weighted by Crippen LogP contribution is 2.60. The number of amides is 1. The number of rotatable bonds is 7. The molecule has 1 N–H and O–H groups in total. The normalized spacial score (nSPS) is 31.7. The number of carbonyl (C=O) groups is 1. The summed E-state index contributed by atoms with van der Waals surface area (Å²) in [7, 11) is 3.25. The van der Waals surface area contributed by atoms with E-state index in [-0.39, 0.29) is 5.91 Å². The molecule has 0 atom stereocenters. The van der Waals surface area contributed by atoms with Gasteiger partial charge in [0.15, 0.2) is 11.5 Å². The highest BCUT2D eigenvalue weighted by molar-refractivity contribution is 8.01. The summed E-state index contributed by atoms with van der Waals surface area (Å²) in [4.78, 5) is 12.4. The van der Waals surface area contributed by atoms with Crippen LogP contribution in [0.3, 0.4) is 0 Å². The van der Waals surface area contributed by atoms with Crippen molar-refractivity contribution in [1.29, 1.82) is 0 Å². The molecule has 5 heteroatoms. The minimum absolute atomic E-state index is 0.139. The van der Waals surface area contributed by atoms with Gasteiger partial charge in [0.25, 0.3) is 0 Å². The molecule has 1 amide bonds. The van der Waals surface area contributed by atoms with Crippen LogP contribution in [-0.4, -0.2) is 30.6 Å². The Morgan fingerprint density at radius 1 is 1.08 bits per heavy atom. The lowest BCUT2D eigenvalue weighted by atomic mass is 9.56. The Kier molecular flexibility index (Phi) is 5.09. The lowest BCUT2D eigenvalue weighted by molar-refractivity contribution is -0.118. The third-order valence-electron chi connectivity index (χ3n) is 6.43. The van der Waals surface area contributed by atoms with E-state index in [1.165, 1.54) is 38.5 Å². The standard InChI is InChI=1S/C21H29NO3S/c1-24-18-4-3-14(8-19(18)25-2)12-22-20(23)13-26-21-9-15-5-16(10-21)7-17(6-15)11-21/h3-4,8,15-17H,5-7,9-13H2,1-2H3,(H,22,23). The van der Waals surface area contributed by atoms with Crippen LogP contribution in [0, 0.1) is 17.8 Å². The number of thioether (sulfide) groups is 1. The summed E-state index contributed by atoms with van der Waals surface area (Å²) in [5.41, 5.74) is 1.02. The summed E-state index contributed by atoms with van der Waals surface area (Å²) < 4.78 is 11.0. The van der Waals surface area contributed by atoms with Crippen molar-refractivity contribution in [1.82, 2.24) is 5.32 Å². The van der Waals surface area contributed by atoms with E-state index in [2.05, 4.69) is 5.32 Å². The first-order chi connectivity index (χ1) is 12.6. The Labute approximate surface area is 160 Å². The molecule has 142 valence electrons. The van der Waals surface area contributed by atoms with Gasteiger partial charge in [0, 0.05) is 11.3 Å². The van der Waals surface area contributed by atoms with Crippen molar-refractivity contribution in [2.24, 2.45) is 17.8 Å². The van der Waals surface area contributed by atoms with Gasteiger partial charge in [-0.1, -0.05) is 6.07 Å². The van der Waals surface area contributed by atoms with Crippen molar-refractivity contribution >= 4 is 17.7 Å². The first kappa shape index (κ1) is 18.0. The second kappa shape index (κ2) is 7.34. The molecule has 0 unspecified atom stereocenters. The van der Waals surface area contributed by atoms with Gasteiger partial charge in [0.05, 0.1) is 20.0 Å². The molecule has 5 rings (SSSR count). The van der Waals surface area contributed by atoms with Crippen molar-refractivity contribution in [2.45, 2.75) is 49.8 Å². The van der Waals surface area contributed by atoms with E-state index in [0.717, 1.165) is 23.3 Å². The highest BCUT2D eigenvalue weighted by atomic mass is 32.2. The lowest BCUT2D eigenvalue weighted by Gasteiger charge is -2.56. The molecule has 4 saturated carbocycles. The molecular formula is C21H29NO3S. The van der Waals surface area contributed by atoms with Gasteiger partial charge >= 0.3 is 0 Å². The molecule has 4 fully saturated rings. The number of nitrogens with one attached hydrogen (secondary N) is 1. The molecule has 1 aromatic rings. The summed E-state index contributed by atoms with van der Waals surface area (Å²) >= 11 is 1.93. The van der Waals surface area contributed by atoms with Crippen molar-refractivity contribution in [3.8, 4) is 11.5 Å². The lowest BCUT2D eigenvalue weighted by Crippen LogP contribution is -2.49. The smallest absolute Gasteiger partial charge is 0.230 e. The van der Waals surface area contributed by atoms with Crippen LogP contribution in [0.25, 0.3) is 0 Å². The Balaban J connectivity index is 1.28. The Morgan fingerprint density at radius 3 is 2.27 bits per heavy atom. The second-order valence-electron chi connectivity index (χ2n) is 8.36. The Morgan fingerprint density at radius 2 is 1.69 bits per heavy atom. The molecular weight excluding hydrogens is 346 g/mol. The quantitative estimate of drug-likeness (QED) is 0.782. The Bertz CT molecular complexity index is 640. The van der Waals surface area contributed by atoms with Crippen LogP contribution in [0.2, 0.25) is 0 Å². The van der Waals surface area contributed by atoms with E-state index in [9.17, 15) is 4.79 Å². The molecule has 4 bridgehead atoms. The van der Waals surface area contributed by atoms with Gasteiger partial charge in [-0.25, -0.2) is 0 Å². The molecule has 0 aliphatic heterocycles. The van der Waals surface area contributed by atoms with Crippen molar-refractivity contribution in [3.63, 3.8) is 0 Å². The fourth-order valence-electron chi connectivity index (χ4n) is 5.67. The molecule has 4 nitrogen and oxygen atoms in total. The molecule has 0 spiro atoms. The van der Waals surface area contributed by atoms with Crippen molar-refractivity contribution < 1.29 is 14.3 Å². The van der Waals surface area contributed by atoms with Crippen LogP contribution in [0.5, 0.6) is 11.5 Å². The predicted octanol–water partition coefficient (Wildman–Crippen LogP) is 4.02. The van der Waals surface area contributed by atoms with Gasteiger partial charge in [0.1, 0.15) is 0 Å². The van der Waals surface area contributed by atoms with Crippen molar-refractivity contribution in [3.05, 3.63) is 23.8 Å². The average molecular weight is 376 g/mol. The molecule has 1 aromatic carbocycles. The van der Waals surface area contributed by atoms with Crippen LogP contribution in [0.15, 0.2) is 18.2 Å². The molecule has 4 aliphatic rings. The zero-order valence-corrected chi connectivity index (χ0v) is 16.6. The van der Waals surface area contributed by atoms with Gasteiger partial charge < -0.3 is 14.8 Å². The van der Waals surface area contributed by atoms with E-state index < -0.39 is 0 Å². The number of hydrogen-bond acceptors (Lipinski definition) is 4. The van der Waals surface area contributed by atoms with E-state index >= 15 is 0 Å². The second-order valence-corrected chi connectivity index (χ2v) is 9.80. The monoisotopic (exact) mass is 375 g/mol. The van der Waals surface area contributed by atoms with Gasteiger partial charge in [0.2, 0.25) is 5.91 Å². The van der Waals surface area contributed by atoms with Crippen LogP contribution < -0.4 is 14.8 Å². The zero-order chi connectivity index (χ0) is 18.1. The van der Waals surface area contributed by atoms with E-state index in [0.29, 0.717) is 28.5 Å². The summed E-state index contributed by atoms with van der Waals surface area (Å²) in [6.45, 7) is 0.528. The van der Waals surface area contributed by atoms with Gasteiger partial charge in [-0.2, -0.15) is 0 Å². The zero-order valence-electron chi connectivity index (χ0n) is 15.8. The van der Waals surface area contributed by atoms with Gasteiger partial charge in [-0.05, 0) is 74.0 Å². The van der Waals surface area contributed by atoms with Crippen LogP contribution in [0.4, 0.5) is 0 Å². The van der Waals surface area contributed by atoms with E-state index in [4.69, 9.17) is 9.47 Å². The summed E-state index contributed by atoms with van der Waals surface area (Å²) in [5.74, 6) is 4.93. The maximum atomic E-state index is 12.4. The molecule has 0 heterocycles. The molecule has 0 aromatic heterocycles. The number of hydrogen-bond donors (Lipinski definition) is 1. The van der Waals surface area contributed by atoms with Crippen LogP contribution >= 0.6 is 11.8 Å². The first-order valence-electron chi connectivity index (χ1n) is 9.71. The first-order valence-corrected chi connectivity index (χ1v) is 10.7. The summed E-state index contributed by atoms with van der Waals surface area (Å²) in [6.07, 6.45) is 8.37. The molecule has 26 heavy (non-hydrogen) atoms. The third kappa shape index (κ3) is 3.68. The topological polar surface area (TPSA) is 47.6 Å². The number of ether oxygens (including phenoxy) is 2. The minimum atomic E-state index is 0.139.